The fourth-order valence-corrected chi connectivity index (χ4v) is 2.15. The van der Waals surface area contributed by atoms with Crippen molar-refractivity contribution in [1.29, 1.82) is 0 Å². The van der Waals surface area contributed by atoms with Gasteiger partial charge in [0, 0.05) is 11.6 Å². The Bertz CT molecular complexity index is 611. The summed E-state index contributed by atoms with van der Waals surface area (Å²) in [4.78, 5) is 0. The molecule has 1 aromatic carbocycles. The molecule has 1 N–H and O–H groups in total. The molecule has 0 saturated heterocycles. The molecule has 2 rings (SSSR count). The maximum absolute atomic E-state index is 13.7. The molecule has 0 atom stereocenters. The number of halogens is 3. The third-order valence-electron chi connectivity index (χ3n) is 2.79. The predicted octanol–water partition coefficient (Wildman–Crippen LogP) is 3.42. The van der Waals surface area contributed by atoms with Crippen LogP contribution in [0.5, 0.6) is 0 Å². The molecule has 2 aromatic rings. The van der Waals surface area contributed by atoms with Gasteiger partial charge in [0.15, 0.2) is 5.82 Å². The number of aliphatic hydroxyl groups excluding tert-OH is 1. The van der Waals surface area contributed by atoms with Crippen LogP contribution in [-0.2, 0) is 6.61 Å². The van der Waals surface area contributed by atoms with Crippen molar-refractivity contribution in [3.05, 3.63) is 46.2 Å². The molecule has 0 aliphatic heterocycles. The highest BCUT2D eigenvalue weighted by atomic mass is 35.5. The van der Waals surface area contributed by atoms with E-state index in [0.29, 0.717) is 11.3 Å². The maximum atomic E-state index is 13.7. The molecule has 0 amide bonds. The highest BCUT2D eigenvalue weighted by Gasteiger charge is 2.20. The van der Waals surface area contributed by atoms with E-state index in [2.05, 4.69) is 5.10 Å². The molecule has 0 aliphatic carbocycles. The monoisotopic (exact) mass is 286 g/mol. The zero-order valence-electron chi connectivity index (χ0n) is 10.5. The minimum atomic E-state index is -0.760. The van der Waals surface area contributed by atoms with Crippen molar-refractivity contribution in [3.8, 4) is 5.69 Å². The minimum absolute atomic E-state index is 0.0319. The first-order chi connectivity index (χ1) is 8.95. The summed E-state index contributed by atoms with van der Waals surface area (Å²) in [5.74, 6) is -1.40. The van der Waals surface area contributed by atoms with Crippen molar-refractivity contribution in [2.24, 2.45) is 0 Å². The minimum Gasteiger partial charge on any atom is -0.391 e. The molecule has 102 valence electrons. The van der Waals surface area contributed by atoms with Gasteiger partial charge in [-0.25, -0.2) is 13.5 Å². The van der Waals surface area contributed by atoms with Crippen molar-refractivity contribution in [3.63, 3.8) is 0 Å². The van der Waals surface area contributed by atoms with Crippen LogP contribution >= 0.6 is 11.6 Å². The summed E-state index contributed by atoms with van der Waals surface area (Å²) in [6.07, 6.45) is 0. The summed E-state index contributed by atoms with van der Waals surface area (Å²) < 4.78 is 27.8. The smallest absolute Gasteiger partial charge is 0.151 e. The molecule has 0 radical (unpaired) electrons. The first kappa shape index (κ1) is 14.0. The zero-order valence-corrected chi connectivity index (χ0v) is 11.2. The molecular weight excluding hydrogens is 274 g/mol. The van der Waals surface area contributed by atoms with Gasteiger partial charge in [0.05, 0.1) is 12.3 Å². The van der Waals surface area contributed by atoms with Crippen molar-refractivity contribution in [2.45, 2.75) is 26.4 Å². The van der Waals surface area contributed by atoms with Crippen LogP contribution in [0.3, 0.4) is 0 Å². The fraction of sp³-hybridized carbons (Fsp3) is 0.308. The van der Waals surface area contributed by atoms with Crippen LogP contribution in [0.25, 0.3) is 5.69 Å². The largest absolute Gasteiger partial charge is 0.391 e. The molecule has 0 saturated carbocycles. The van der Waals surface area contributed by atoms with Gasteiger partial charge in [-0.05, 0) is 18.1 Å². The molecule has 0 aliphatic rings. The summed E-state index contributed by atoms with van der Waals surface area (Å²) in [5.41, 5.74) is 1.10. The second-order valence-corrected chi connectivity index (χ2v) is 4.83. The first-order valence-electron chi connectivity index (χ1n) is 5.79. The highest BCUT2D eigenvalue weighted by molar-refractivity contribution is 6.30. The number of benzene rings is 1. The Morgan fingerprint density at radius 2 is 2.05 bits per heavy atom. The van der Waals surface area contributed by atoms with Crippen molar-refractivity contribution in [1.82, 2.24) is 9.78 Å². The predicted molar refractivity (Wildman–Crippen MR) is 68.5 cm³/mol. The number of aromatic nitrogens is 2. The van der Waals surface area contributed by atoms with Crippen LogP contribution in [-0.4, -0.2) is 14.9 Å². The summed E-state index contributed by atoms with van der Waals surface area (Å²) in [6, 6.07) is 3.15. The van der Waals surface area contributed by atoms with E-state index < -0.39 is 11.6 Å². The lowest BCUT2D eigenvalue weighted by Crippen LogP contribution is -2.01. The van der Waals surface area contributed by atoms with Crippen LogP contribution in [0, 0.1) is 11.6 Å². The zero-order chi connectivity index (χ0) is 14.2. The van der Waals surface area contributed by atoms with Crippen molar-refractivity contribution in [2.75, 3.05) is 0 Å². The first-order valence-corrected chi connectivity index (χ1v) is 6.17. The van der Waals surface area contributed by atoms with Crippen molar-refractivity contribution >= 4 is 11.6 Å². The normalized spacial score (nSPS) is 11.3. The Kier molecular flexibility index (Phi) is 3.87. The molecule has 0 spiro atoms. The Hall–Kier alpha value is -1.46. The second kappa shape index (κ2) is 5.27. The summed E-state index contributed by atoms with van der Waals surface area (Å²) >= 11 is 6.10. The van der Waals surface area contributed by atoms with Gasteiger partial charge >= 0.3 is 0 Å². The number of nitrogens with zero attached hydrogens (tertiary/aromatic N) is 2. The average Bonchev–Trinajstić information content (AvgIpc) is 2.66. The average molecular weight is 287 g/mol. The second-order valence-electron chi connectivity index (χ2n) is 4.47. The van der Waals surface area contributed by atoms with E-state index in [4.69, 9.17) is 11.6 Å². The Morgan fingerprint density at radius 1 is 1.37 bits per heavy atom. The molecule has 1 heterocycles. The molecule has 6 heteroatoms. The molecule has 19 heavy (non-hydrogen) atoms. The SMILES string of the molecule is CC(C)c1nn(-c2ccc(F)cc2F)c(Cl)c1CO. The van der Waals surface area contributed by atoms with Crippen LogP contribution in [0.15, 0.2) is 18.2 Å². The molecule has 0 bridgehead atoms. The van der Waals surface area contributed by atoms with E-state index >= 15 is 0 Å². The molecule has 0 unspecified atom stereocenters. The van der Waals surface area contributed by atoms with Gasteiger partial charge < -0.3 is 5.11 Å². The van der Waals surface area contributed by atoms with Gasteiger partial charge in [0.25, 0.3) is 0 Å². The molecule has 1 aromatic heterocycles. The highest BCUT2D eigenvalue weighted by Crippen LogP contribution is 2.29. The topological polar surface area (TPSA) is 38.0 Å². The van der Waals surface area contributed by atoms with Gasteiger partial charge in [-0.2, -0.15) is 5.10 Å². The van der Waals surface area contributed by atoms with Crippen LogP contribution < -0.4 is 0 Å². The summed E-state index contributed by atoms with van der Waals surface area (Å²) in [6.45, 7) is 3.50. The summed E-state index contributed by atoms with van der Waals surface area (Å²) in [7, 11) is 0. The van der Waals surface area contributed by atoms with Gasteiger partial charge in [0.1, 0.15) is 16.7 Å². The fourth-order valence-electron chi connectivity index (χ4n) is 1.87. The lowest BCUT2D eigenvalue weighted by molar-refractivity contribution is 0.280. The van der Waals surface area contributed by atoms with Gasteiger partial charge in [-0.3, -0.25) is 0 Å². The van der Waals surface area contributed by atoms with E-state index in [1.807, 2.05) is 13.8 Å². The van der Waals surface area contributed by atoms with Crippen molar-refractivity contribution < 1.29 is 13.9 Å². The summed E-state index contributed by atoms with van der Waals surface area (Å²) in [5, 5.41) is 13.7. The molecular formula is C13H13ClF2N2O. The van der Waals surface area contributed by atoms with E-state index in [1.165, 1.54) is 10.7 Å². The van der Waals surface area contributed by atoms with E-state index in [9.17, 15) is 13.9 Å². The van der Waals surface area contributed by atoms with Crippen LogP contribution in [0.2, 0.25) is 5.15 Å². The van der Waals surface area contributed by atoms with E-state index in [-0.39, 0.29) is 23.4 Å². The van der Waals surface area contributed by atoms with Crippen LogP contribution in [0.1, 0.15) is 31.0 Å². The van der Waals surface area contributed by atoms with Gasteiger partial charge in [-0.15, -0.1) is 0 Å². The molecule has 0 fully saturated rings. The third kappa shape index (κ3) is 2.48. The number of hydrogen-bond donors (Lipinski definition) is 1. The third-order valence-corrected chi connectivity index (χ3v) is 3.18. The van der Waals surface area contributed by atoms with Gasteiger partial charge in [0.2, 0.25) is 0 Å². The Labute approximate surface area is 114 Å². The quantitative estimate of drug-likeness (QED) is 0.939. The van der Waals surface area contributed by atoms with E-state index in [0.717, 1.165) is 12.1 Å². The standard InChI is InChI=1S/C13H13ClF2N2O/c1-7(2)12-9(6-19)13(14)18(17-12)11-4-3-8(15)5-10(11)16/h3-5,7,19H,6H2,1-2H3. The van der Waals surface area contributed by atoms with Crippen LogP contribution in [0.4, 0.5) is 8.78 Å². The lowest BCUT2D eigenvalue weighted by atomic mass is 10.1. The number of rotatable bonds is 3. The Morgan fingerprint density at radius 3 is 2.53 bits per heavy atom. The lowest BCUT2D eigenvalue weighted by Gasteiger charge is -2.04. The van der Waals surface area contributed by atoms with E-state index in [1.54, 1.807) is 0 Å². The number of aliphatic hydroxyl groups is 1. The Balaban J connectivity index is 2.63. The molecule has 3 nitrogen and oxygen atoms in total. The maximum Gasteiger partial charge on any atom is 0.151 e. The van der Waals surface area contributed by atoms with Gasteiger partial charge in [-0.1, -0.05) is 25.4 Å². The number of hydrogen-bond acceptors (Lipinski definition) is 2.